The van der Waals surface area contributed by atoms with Crippen molar-refractivity contribution in [2.24, 2.45) is 0 Å². The second kappa shape index (κ2) is 6.16. The molecule has 1 aliphatic carbocycles. The normalized spacial score (nSPS) is 14.9. The lowest BCUT2D eigenvalue weighted by Gasteiger charge is -2.12. The number of fused-ring (bicyclic) bond motifs is 1. The molecule has 1 aliphatic rings. The SMILES string of the molecule is CCOc1cccc(/C=C2\Cc3c(O)cccc3C2=O)c1OC. The van der Waals surface area contributed by atoms with Gasteiger partial charge in [-0.3, -0.25) is 4.79 Å². The van der Waals surface area contributed by atoms with Crippen LogP contribution in [0.2, 0.25) is 0 Å². The molecule has 0 heterocycles. The van der Waals surface area contributed by atoms with Gasteiger partial charge in [0, 0.05) is 28.7 Å². The fraction of sp³-hybridized carbons (Fsp3) is 0.211. The molecule has 0 amide bonds. The minimum absolute atomic E-state index is 0.0558. The molecule has 0 aromatic heterocycles. The first-order chi connectivity index (χ1) is 11.2. The molecule has 0 atom stereocenters. The molecule has 0 saturated carbocycles. The number of benzene rings is 2. The summed E-state index contributed by atoms with van der Waals surface area (Å²) in [6.07, 6.45) is 2.23. The first-order valence-electron chi connectivity index (χ1n) is 7.51. The number of carbonyl (C=O) groups excluding carboxylic acids is 1. The topological polar surface area (TPSA) is 55.8 Å². The van der Waals surface area contributed by atoms with Crippen molar-refractivity contribution in [1.29, 1.82) is 0 Å². The Hall–Kier alpha value is -2.75. The first-order valence-corrected chi connectivity index (χ1v) is 7.51. The Morgan fingerprint density at radius 2 is 2.00 bits per heavy atom. The first kappa shape index (κ1) is 15.2. The quantitative estimate of drug-likeness (QED) is 0.876. The van der Waals surface area contributed by atoms with E-state index in [4.69, 9.17) is 9.47 Å². The third-order valence-electron chi connectivity index (χ3n) is 3.90. The van der Waals surface area contributed by atoms with Crippen LogP contribution in [0.25, 0.3) is 6.08 Å². The average molecular weight is 310 g/mol. The van der Waals surface area contributed by atoms with Gasteiger partial charge in [0.1, 0.15) is 5.75 Å². The third kappa shape index (κ3) is 2.68. The summed E-state index contributed by atoms with van der Waals surface area (Å²) in [6, 6.07) is 10.6. The molecule has 0 bridgehead atoms. The molecule has 4 heteroatoms. The molecule has 0 saturated heterocycles. The van der Waals surface area contributed by atoms with Crippen LogP contribution < -0.4 is 9.47 Å². The number of allylic oxidation sites excluding steroid dienone is 1. The van der Waals surface area contributed by atoms with Gasteiger partial charge in [0.2, 0.25) is 0 Å². The Kier molecular flexibility index (Phi) is 4.06. The highest BCUT2D eigenvalue weighted by Gasteiger charge is 2.27. The van der Waals surface area contributed by atoms with Gasteiger partial charge in [-0.1, -0.05) is 24.3 Å². The lowest BCUT2D eigenvalue weighted by atomic mass is 10.1. The van der Waals surface area contributed by atoms with Crippen molar-refractivity contribution in [2.75, 3.05) is 13.7 Å². The maximum absolute atomic E-state index is 12.5. The minimum atomic E-state index is -0.0558. The number of aromatic hydroxyl groups is 1. The fourth-order valence-electron chi connectivity index (χ4n) is 2.86. The molecule has 0 fully saturated rings. The summed E-state index contributed by atoms with van der Waals surface area (Å²) in [5.74, 6) is 1.36. The highest BCUT2D eigenvalue weighted by atomic mass is 16.5. The summed E-state index contributed by atoms with van der Waals surface area (Å²) >= 11 is 0. The molecule has 2 aromatic rings. The maximum Gasteiger partial charge on any atom is 0.189 e. The zero-order valence-corrected chi connectivity index (χ0v) is 13.1. The number of methoxy groups -OCH3 is 1. The van der Waals surface area contributed by atoms with Crippen LogP contribution in [0.1, 0.15) is 28.4 Å². The van der Waals surface area contributed by atoms with Crippen LogP contribution in [0.15, 0.2) is 42.0 Å². The van der Waals surface area contributed by atoms with Crippen molar-refractivity contribution in [3.05, 3.63) is 58.7 Å². The van der Waals surface area contributed by atoms with Crippen LogP contribution in [0, 0.1) is 0 Å². The predicted octanol–water partition coefficient (Wildman–Crippen LogP) is 3.62. The molecule has 0 unspecified atom stereocenters. The van der Waals surface area contributed by atoms with E-state index in [0.29, 0.717) is 41.2 Å². The minimum Gasteiger partial charge on any atom is -0.508 e. The van der Waals surface area contributed by atoms with Crippen LogP contribution in [0.4, 0.5) is 0 Å². The Morgan fingerprint density at radius 3 is 2.70 bits per heavy atom. The lowest BCUT2D eigenvalue weighted by molar-refractivity contribution is 0.104. The van der Waals surface area contributed by atoms with Gasteiger partial charge in [0.15, 0.2) is 17.3 Å². The van der Waals surface area contributed by atoms with Crippen LogP contribution in [-0.4, -0.2) is 24.6 Å². The number of ether oxygens (including phenoxy) is 2. The molecule has 0 radical (unpaired) electrons. The fourth-order valence-corrected chi connectivity index (χ4v) is 2.86. The van der Waals surface area contributed by atoms with E-state index in [1.165, 1.54) is 0 Å². The van der Waals surface area contributed by atoms with Crippen molar-refractivity contribution in [3.8, 4) is 17.2 Å². The Labute approximate surface area is 135 Å². The van der Waals surface area contributed by atoms with Gasteiger partial charge < -0.3 is 14.6 Å². The van der Waals surface area contributed by atoms with E-state index in [2.05, 4.69) is 0 Å². The summed E-state index contributed by atoms with van der Waals surface area (Å²) in [6.45, 7) is 2.44. The number of hydrogen-bond donors (Lipinski definition) is 1. The highest BCUT2D eigenvalue weighted by Crippen LogP contribution is 2.37. The summed E-state index contributed by atoms with van der Waals surface area (Å²) in [5.41, 5.74) is 2.67. The van der Waals surface area contributed by atoms with Gasteiger partial charge in [-0.15, -0.1) is 0 Å². The Bertz CT molecular complexity index is 790. The summed E-state index contributed by atoms with van der Waals surface area (Å²) in [5, 5.41) is 9.92. The third-order valence-corrected chi connectivity index (χ3v) is 3.90. The summed E-state index contributed by atoms with van der Waals surface area (Å²) in [7, 11) is 1.58. The predicted molar refractivity (Wildman–Crippen MR) is 88.3 cm³/mol. The van der Waals surface area contributed by atoms with Crippen LogP contribution in [0.3, 0.4) is 0 Å². The van der Waals surface area contributed by atoms with Gasteiger partial charge in [-0.2, -0.15) is 0 Å². The number of carbonyl (C=O) groups is 1. The van der Waals surface area contributed by atoms with E-state index in [1.54, 1.807) is 25.3 Å². The maximum atomic E-state index is 12.5. The second-order valence-electron chi connectivity index (χ2n) is 5.29. The van der Waals surface area contributed by atoms with Crippen molar-refractivity contribution >= 4 is 11.9 Å². The number of phenols is 1. The van der Waals surface area contributed by atoms with E-state index in [1.807, 2.05) is 31.2 Å². The highest BCUT2D eigenvalue weighted by molar-refractivity contribution is 6.16. The van der Waals surface area contributed by atoms with E-state index in [9.17, 15) is 9.90 Å². The largest absolute Gasteiger partial charge is 0.508 e. The molecular formula is C19H18O4. The van der Waals surface area contributed by atoms with Gasteiger partial charge in [0.25, 0.3) is 0 Å². The Morgan fingerprint density at radius 1 is 1.22 bits per heavy atom. The van der Waals surface area contributed by atoms with Gasteiger partial charge in [-0.25, -0.2) is 0 Å². The molecule has 0 aliphatic heterocycles. The molecule has 0 spiro atoms. The number of phenolic OH excluding ortho intramolecular Hbond substituents is 1. The van der Waals surface area contributed by atoms with Crippen molar-refractivity contribution < 1.29 is 19.4 Å². The summed E-state index contributed by atoms with van der Waals surface area (Å²) < 4.78 is 11.0. The average Bonchev–Trinajstić information content (AvgIpc) is 2.86. The molecule has 23 heavy (non-hydrogen) atoms. The van der Waals surface area contributed by atoms with E-state index in [-0.39, 0.29) is 11.5 Å². The van der Waals surface area contributed by atoms with Crippen LogP contribution in [0.5, 0.6) is 17.2 Å². The molecule has 4 nitrogen and oxygen atoms in total. The van der Waals surface area contributed by atoms with Crippen molar-refractivity contribution in [2.45, 2.75) is 13.3 Å². The summed E-state index contributed by atoms with van der Waals surface area (Å²) in [4.78, 5) is 12.5. The molecule has 2 aromatic carbocycles. The molecule has 3 rings (SSSR count). The molecule has 1 N–H and O–H groups in total. The second-order valence-corrected chi connectivity index (χ2v) is 5.29. The van der Waals surface area contributed by atoms with Crippen LogP contribution in [-0.2, 0) is 6.42 Å². The standard InChI is InChI=1S/C19H18O4/c1-3-23-17-9-4-6-12(19(17)22-2)10-13-11-15-14(18(13)21)7-5-8-16(15)20/h4-10,20H,3,11H2,1-2H3/b13-10+. The van der Waals surface area contributed by atoms with E-state index >= 15 is 0 Å². The number of rotatable bonds is 4. The number of ketones is 1. The number of hydrogen-bond acceptors (Lipinski definition) is 4. The zero-order chi connectivity index (χ0) is 16.4. The number of para-hydroxylation sites is 1. The smallest absolute Gasteiger partial charge is 0.189 e. The van der Waals surface area contributed by atoms with Gasteiger partial charge in [-0.05, 0) is 25.1 Å². The van der Waals surface area contributed by atoms with Crippen molar-refractivity contribution in [1.82, 2.24) is 0 Å². The Balaban J connectivity index is 2.03. The molecular weight excluding hydrogens is 292 g/mol. The van der Waals surface area contributed by atoms with E-state index < -0.39 is 0 Å². The van der Waals surface area contributed by atoms with Crippen LogP contribution >= 0.6 is 0 Å². The monoisotopic (exact) mass is 310 g/mol. The lowest BCUT2D eigenvalue weighted by Crippen LogP contribution is -1.98. The van der Waals surface area contributed by atoms with E-state index in [0.717, 1.165) is 5.56 Å². The van der Waals surface area contributed by atoms with Gasteiger partial charge >= 0.3 is 0 Å². The zero-order valence-electron chi connectivity index (χ0n) is 13.1. The number of Topliss-reactive ketones (excluding diaryl/α,β-unsaturated/α-hetero) is 1. The molecule has 118 valence electrons. The van der Waals surface area contributed by atoms with Gasteiger partial charge in [0.05, 0.1) is 13.7 Å². The van der Waals surface area contributed by atoms with Crippen molar-refractivity contribution in [3.63, 3.8) is 0 Å².